The molecule has 2 aromatic heterocycles. The van der Waals surface area contributed by atoms with Crippen LogP contribution in [0.2, 0.25) is 0 Å². The highest BCUT2D eigenvalue weighted by Gasteiger charge is 2.34. The third-order valence-corrected chi connectivity index (χ3v) is 10.5. The summed E-state index contributed by atoms with van der Waals surface area (Å²) in [6.07, 6.45) is 1.83. The Morgan fingerprint density at radius 2 is 1.33 bits per heavy atom. The Labute approximate surface area is 283 Å². The molecule has 1 aliphatic rings. The van der Waals surface area contributed by atoms with Crippen molar-refractivity contribution in [3.05, 3.63) is 156 Å². The van der Waals surface area contributed by atoms with Crippen LogP contribution in [0.3, 0.4) is 0 Å². The second-order valence-corrected chi connectivity index (χ2v) is 13.6. The van der Waals surface area contributed by atoms with Gasteiger partial charge in [0.2, 0.25) is 0 Å². The minimum atomic E-state index is -0.0717. The number of para-hydroxylation sites is 1. The Morgan fingerprint density at radius 3 is 2.18 bits per heavy atom. The van der Waals surface area contributed by atoms with E-state index in [1.165, 1.54) is 38.2 Å². The topological polar surface area (TPSA) is 53.1 Å². The van der Waals surface area contributed by atoms with E-state index in [-0.39, 0.29) is 5.41 Å². The number of furan rings is 1. The lowest BCUT2D eigenvalue weighted by molar-refractivity contribution is 0.663. The predicted octanol–water partition coefficient (Wildman–Crippen LogP) is 12.1. The van der Waals surface area contributed by atoms with Crippen molar-refractivity contribution < 1.29 is 4.42 Å². The molecule has 7 aromatic carbocycles. The molecule has 0 bridgehead atoms. The van der Waals surface area contributed by atoms with Crippen LogP contribution in [0, 0.1) is 11.3 Å². The van der Waals surface area contributed by atoms with Gasteiger partial charge in [-0.2, -0.15) is 5.26 Å². The second-order valence-electron chi connectivity index (χ2n) is 13.6. The molecule has 0 aliphatic heterocycles. The van der Waals surface area contributed by atoms with Crippen LogP contribution in [0.25, 0.3) is 65.5 Å². The van der Waals surface area contributed by atoms with E-state index in [4.69, 9.17) is 9.40 Å². The largest absolute Gasteiger partial charge is 0.456 e. The molecule has 49 heavy (non-hydrogen) atoms. The third kappa shape index (κ3) is 4.00. The summed E-state index contributed by atoms with van der Waals surface area (Å²) in [7, 11) is 0. The van der Waals surface area contributed by atoms with E-state index >= 15 is 0 Å². The van der Waals surface area contributed by atoms with E-state index in [0.717, 1.165) is 55.5 Å². The molecule has 1 aliphatic carbocycles. The molecule has 0 saturated heterocycles. The standard InChI is InChI=1S/C45H29N3O/c1-45(2)37-9-3-6-28-13-14-31-22-32(23-38(45)43(31)42(28)37)30-15-19-35-36-20-18-34(25-41(36)49-40(35)24-30)48(33-16-11-27(26-46)12-17-33)39-10-4-7-29-8-5-21-47-44(29)39/h3-25H,1-2H3. The van der Waals surface area contributed by atoms with E-state index in [1.54, 1.807) is 0 Å². The number of fused-ring (bicyclic) bond motifs is 4. The Morgan fingerprint density at radius 1 is 0.612 bits per heavy atom. The van der Waals surface area contributed by atoms with E-state index in [0.29, 0.717) is 5.56 Å². The van der Waals surface area contributed by atoms with Gasteiger partial charge in [0.1, 0.15) is 11.2 Å². The first-order valence-electron chi connectivity index (χ1n) is 16.6. The highest BCUT2D eigenvalue weighted by Crippen LogP contribution is 2.50. The fourth-order valence-electron chi connectivity index (χ4n) is 8.03. The third-order valence-electron chi connectivity index (χ3n) is 10.5. The Bertz CT molecular complexity index is 2870. The number of benzene rings is 7. The summed E-state index contributed by atoms with van der Waals surface area (Å²) >= 11 is 0. The molecule has 0 N–H and O–H groups in total. The van der Waals surface area contributed by atoms with Crippen LogP contribution in [0.1, 0.15) is 30.5 Å². The van der Waals surface area contributed by atoms with Gasteiger partial charge < -0.3 is 9.32 Å². The van der Waals surface area contributed by atoms with Gasteiger partial charge in [-0.1, -0.05) is 68.4 Å². The minimum absolute atomic E-state index is 0.0717. The van der Waals surface area contributed by atoms with Crippen LogP contribution in [-0.4, -0.2) is 4.98 Å². The quantitative estimate of drug-likeness (QED) is 0.182. The summed E-state index contributed by atoms with van der Waals surface area (Å²) < 4.78 is 6.65. The number of nitrogens with zero attached hydrogens (tertiary/aromatic N) is 3. The van der Waals surface area contributed by atoms with Crippen molar-refractivity contribution in [1.82, 2.24) is 4.98 Å². The monoisotopic (exact) mass is 627 g/mol. The highest BCUT2D eigenvalue weighted by atomic mass is 16.3. The van der Waals surface area contributed by atoms with Crippen LogP contribution in [0.15, 0.2) is 144 Å². The molecule has 2 heterocycles. The minimum Gasteiger partial charge on any atom is -0.456 e. The Kier molecular flexibility index (Phi) is 5.66. The maximum atomic E-state index is 9.46. The van der Waals surface area contributed by atoms with Gasteiger partial charge >= 0.3 is 0 Å². The molecule has 0 fully saturated rings. The Balaban J connectivity index is 1.11. The van der Waals surface area contributed by atoms with Crippen LogP contribution in [-0.2, 0) is 5.41 Å². The zero-order chi connectivity index (χ0) is 32.9. The van der Waals surface area contributed by atoms with E-state index in [2.05, 4.69) is 128 Å². The predicted molar refractivity (Wildman–Crippen MR) is 201 cm³/mol. The molecule has 4 heteroatoms. The first-order valence-corrected chi connectivity index (χ1v) is 16.6. The molecule has 0 unspecified atom stereocenters. The van der Waals surface area contributed by atoms with Gasteiger partial charge in [-0.15, -0.1) is 0 Å². The van der Waals surface area contributed by atoms with Gasteiger partial charge in [0, 0.05) is 45.2 Å². The van der Waals surface area contributed by atoms with Gasteiger partial charge in [0.25, 0.3) is 0 Å². The molecule has 0 radical (unpaired) electrons. The van der Waals surface area contributed by atoms with Crippen molar-refractivity contribution in [2.45, 2.75) is 19.3 Å². The molecule has 0 amide bonds. The second kappa shape index (κ2) is 10.0. The summed E-state index contributed by atoms with van der Waals surface area (Å²) in [4.78, 5) is 6.94. The summed E-state index contributed by atoms with van der Waals surface area (Å²) in [6.45, 7) is 4.69. The number of rotatable bonds is 4. The molecule has 10 rings (SSSR count). The smallest absolute Gasteiger partial charge is 0.137 e. The maximum absolute atomic E-state index is 9.46. The van der Waals surface area contributed by atoms with Crippen molar-refractivity contribution in [2.24, 2.45) is 0 Å². The summed E-state index contributed by atoms with van der Waals surface area (Å²) in [5.74, 6) is 0. The van der Waals surface area contributed by atoms with Crippen molar-refractivity contribution in [3.8, 4) is 17.2 Å². The zero-order valence-corrected chi connectivity index (χ0v) is 27.0. The van der Waals surface area contributed by atoms with Gasteiger partial charge in [-0.25, -0.2) is 0 Å². The zero-order valence-electron chi connectivity index (χ0n) is 27.0. The van der Waals surface area contributed by atoms with Crippen LogP contribution < -0.4 is 4.90 Å². The lowest BCUT2D eigenvalue weighted by atomic mass is 9.81. The Hall–Kier alpha value is -6.44. The van der Waals surface area contributed by atoms with Gasteiger partial charge in [-0.05, 0) is 117 Å². The number of hydrogen-bond donors (Lipinski definition) is 0. The summed E-state index contributed by atoms with van der Waals surface area (Å²) in [6, 6.07) is 49.1. The van der Waals surface area contributed by atoms with E-state index in [1.807, 2.05) is 36.5 Å². The maximum Gasteiger partial charge on any atom is 0.137 e. The molecule has 0 spiro atoms. The average Bonchev–Trinajstić information content (AvgIpc) is 3.62. The summed E-state index contributed by atoms with van der Waals surface area (Å²) in [5.41, 5.74) is 11.1. The average molecular weight is 628 g/mol. The molecule has 0 saturated carbocycles. The number of aromatic nitrogens is 1. The van der Waals surface area contributed by atoms with Gasteiger partial charge in [-0.3, -0.25) is 4.98 Å². The lowest BCUT2D eigenvalue weighted by Crippen LogP contribution is -2.15. The normalized spacial score (nSPS) is 13.2. The SMILES string of the molecule is CC1(C)c2cccc3ccc4cc(-c5ccc6c(c5)oc5cc(N(c7ccc(C#N)cc7)c7cccc8cccnc78)ccc56)cc1c4c23. The van der Waals surface area contributed by atoms with Crippen LogP contribution in [0.4, 0.5) is 17.1 Å². The van der Waals surface area contributed by atoms with Crippen molar-refractivity contribution >= 4 is 71.4 Å². The van der Waals surface area contributed by atoms with Crippen molar-refractivity contribution in [2.75, 3.05) is 4.90 Å². The molecular weight excluding hydrogens is 599 g/mol. The number of hydrogen-bond acceptors (Lipinski definition) is 4. The molecule has 0 atom stereocenters. The van der Waals surface area contributed by atoms with Crippen LogP contribution in [0.5, 0.6) is 0 Å². The van der Waals surface area contributed by atoms with Crippen molar-refractivity contribution in [1.29, 1.82) is 5.26 Å². The first-order chi connectivity index (χ1) is 24.0. The first kappa shape index (κ1) is 27.7. The highest BCUT2D eigenvalue weighted by molar-refractivity contribution is 6.16. The van der Waals surface area contributed by atoms with E-state index in [9.17, 15) is 5.26 Å². The summed E-state index contributed by atoms with van der Waals surface area (Å²) in [5, 5.41) is 18.0. The molecule has 230 valence electrons. The van der Waals surface area contributed by atoms with E-state index < -0.39 is 0 Å². The van der Waals surface area contributed by atoms with Gasteiger partial charge in [0.05, 0.1) is 22.8 Å². The fourth-order valence-corrected chi connectivity index (χ4v) is 8.03. The van der Waals surface area contributed by atoms with Crippen LogP contribution >= 0.6 is 0 Å². The molecule has 4 nitrogen and oxygen atoms in total. The lowest BCUT2D eigenvalue weighted by Gasteiger charge is -2.26. The molecular formula is C45H29N3O. The van der Waals surface area contributed by atoms with Gasteiger partial charge in [0.15, 0.2) is 0 Å². The fraction of sp³-hybridized carbons (Fsp3) is 0.0667. The number of pyridine rings is 1. The number of anilines is 3. The van der Waals surface area contributed by atoms with Crippen molar-refractivity contribution in [3.63, 3.8) is 0 Å². The molecule has 9 aromatic rings. The number of nitriles is 1.